The second-order valence-electron chi connectivity index (χ2n) is 4.38. The normalized spacial score (nSPS) is 19.1. The first-order chi connectivity index (χ1) is 6.98. The molecule has 2 rings (SSSR count). The Labute approximate surface area is 100 Å². The quantitative estimate of drug-likeness (QED) is 0.760. The van der Waals surface area contributed by atoms with Crippen LogP contribution in [0.15, 0.2) is 24.3 Å². The van der Waals surface area contributed by atoms with Crippen LogP contribution >= 0.6 is 23.8 Å². The third-order valence-electron chi connectivity index (χ3n) is 2.38. The fourth-order valence-electron chi connectivity index (χ4n) is 1.69. The van der Waals surface area contributed by atoms with Gasteiger partial charge in [0.15, 0.2) is 5.11 Å². The molecule has 0 spiro atoms. The molecule has 0 unspecified atom stereocenters. The van der Waals surface area contributed by atoms with E-state index >= 15 is 0 Å². The van der Waals surface area contributed by atoms with E-state index in [0.717, 1.165) is 22.4 Å². The molecule has 1 aromatic rings. The van der Waals surface area contributed by atoms with Crippen LogP contribution in [-0.4, -0.2) is 17.2 Å². The van der Waals surface area contributed by atoms with Gasteiger partial charge in [-0.3, -0.25) is 0 Å². The Kier molecular flexibility index (Phi) is 2.61. The van der Waals surface area contributed by atoms with E-state index in [-0.39, 0.29) is 5.54 Å². The maximum absolute atomic E-state index is 5.84. The first-order valence-corrected chi connectivity index (χ1v) is 5.62. The van der Waals surface area contributed by atoms with Gasteiger partial charge in [0.2, 0.25) is 0 Å². The van der Waals surface area contributed by atoms with Crippen molar-refractivity contribution >= 4 is 34.6 Å². The van der Waals surface area contributed by atoms with Crippen molar-refractivity contribution in [3.8, 4) is 0 Å². The Morgan fingerprint density at radius 1 is 1.33 bits per heavy atom. The number of thiocarbonyl (C=S) groups is 1. The van der Waals surface area contributed by atoms with Gasteiger partial charge in [0.1, 0.15) is 0 Å². The van der Waals surface area contributed by atoms with Gasteiger partial charge in [-0.05, 0) is 50.3 Å². The smallest absolute Gasteiger partial charge is 0.174 e. The first kappa shape index (κ1) is 10.7. The van der Waals surface area contributed by atoms with Gasteiger partial charge in [-0.2, -0.15) is 0 Å². The maximum atomic E-state index is 5.84. The van der Waals surface area contributed by atoms with E-state index < -0.39 is 0 Å². The molecular formula is C11H13ClN2S. The lowest BCUT2D eigenvalue weighted by Gasteiger charge is -2.18. The summed E-state index contributed by atoms with van der Waals surface area (Å²) < 4.78 is 0. The van der Waals surface area contributed by atoms with Crippen LogP contribution in [0.2, 0.25) is 5.02 Å². The standard InChI is InChI=1S/C11H13ClN2S/c1-11(2)7-14(10(15)13-11)9-5-3-8(12)4-6-9/h3-6H,7H2,1-2H3,(H,13,15). The highest BCUT2D eigenvalue weighted by Crippen LogP contribution is 2.24. The van der Waals surface area contributed by atoms with E-state index in [4.69, 9.17) is 23.8 Å². The third kappa shape index (κ3) is 2.24. The molecule has 0 atom stereocenters. The van der Waals surface area contributed by atoms with Crippen molar-refractivity contribution in [2.24, 2.45) is 0 Å². The van der Waals surface area contributed by atoms with Gasteiger partial charge < -0.3 is 10.2 Å². The summed E-state index contributed by atoms with van der Waals surface area (Å²) in [5.74, 6) is 0. The minimum Gasteiger partial charge on any atom is -0.356 e. The Morgan fingerprint density at radius 2 is 1.93 bits per heavy atom. The van der Waals surface area contributed by atoms with Crippen LogP contribution in [0.3, 0.4) is 0 Å². The SMILES string of the molecule is CC1(C)CN(c2ccc(Cl)cc2)C(=S)N1. The molecule has 1 saturated heterocycles. The molecule has 1 aliphatic heterocycles. The molecule has 1 N–H and O–H groups in total. The second-order valence-corrected chi connectivity index (χ2v) is 5.20. The molecule has 1 fully saturated rings. The molecule has 0 aliphatic carbocycles. The number of benzene rings is 1. The van der Waals surface area contributed by atoms with Crippen molar-refractivity contribution in [1.82, 2.24) is 5.32 Å². The van der Waals surface area contributed by atoms with Gasteiger partial charge in [0.05, 0.1) is 5.54 Å². The molecular weight excluding hydrogens is 228 g/mol. The summed E-state index contributed by atoms with van der Waals surface area (Å²) >= 11 is 11.1. The van der Waals surface area contributed by atoms with Gasteiger partial charge in [-0.1, -0.05) is 11.6 Å². The Morgan fingerprint density at radius 3 is 2.40 bits per heavy atom. The van der Waals surface area contributed by atoms with Crippen molar-refractivity contribution in [3.05, 3.63) is 29.3 Å². The zero-order valence-corrected chi connectivity index (χ0v) is 10.3. The molecule has 4 heteroatoms. The minimum atomic E-state index is 0.0384. The summed E-state index contributed by atoms with van der Waals surface area (Å²) in [5, 5.41) is 4.81. The zero-order valence-electron chi connectivity index (χ0n) is 8.75. The van der Waals surface area contributed by atoms with Gasteiger partial charge in [0, 0.05) is 17.3 Å². The first-order valence-electron chi connectivity index (χ1n) is 4.83. The summed E-state index contributed by atoms with van der Waals surface area (Å²) in [6.45, 7) is 5.15. The van der Waals surface area contributed by atoms with Crippen molar-refractivity contribution in [3.63, 3.8) is 0 Å². The number of hydrogen-bond donors (Lipinski definition) is 1. The van der Waals surface area contributed by atoms with Crippen LogP contribution in [-0.2, 0) is 0 Å². The molecule has 0 aromatic heterocycles. The number of nitrogens with zero attached hydrogens (tertiary/aromatic N) is 1. The van der Waals surface area contributed by atoms with Crippen molar-refractivity contribution < 1.29 is 0 Å². The van der Waals surface area contributed by atoms with Crippen LogP contribution in [0.4, 0.5) is 5.69 Å². The van der Waals surface area contributed by atoms with E-state index in [1.54, 1.807) is 0 Å². The maximum Gasteiger partial charge on any atom is 0.174 e. The summed E-state index contributed by atoms with van der Waals surface area (Å²) in [6.07, 6.45) is 0. The second kappa shape index (κ2) is 3.65. The number of hydrogen-bond acceptors (Lipinski definition) is 1. The summed E-state index contributed by atoms with van der Waals surface area (Å²) in [6, 6.07) is 7.73. The predicted octanol–water partition coefficient (Wildman–Crippen LogP) is 2.81. The van der Waals surface area contributed by atoms with Crippen LogP contribution in [0, 0.1) is 0 Å². The fraction of sp³-hybridized carbons (Fsp3) is 0.364. The Hall–Kier alpha value is -0.800. The number of anilines is 1. The van der Waals surface area contributed by atoms with E-state index in [1.807, 2.05) is 24.3 Å². The monoisotopic (exact) mass is 240 g/mol. The van der Waals surface area contributed by atoms with E-state index in [2.05, 4.69) is 24.1 Å². The molecule has 15 heavy (non-hydrogen) atoms. The highest BCUT2D eigenvalue weighted by atomic mass is 35.5. The molecule has 1 heterocycles. The minimum absolute atomic E-state index is 0.0384. The molecule has 0 radical (unpaired) electrons. The number of halogens is 1. The Bertz CT molecular complexity index is 386. The lowest BCUT2D eigenvalue weighted by Crippen LogP contribution is -2.36. The number of nitrogens with one attached hydrogen (secondary N) is 1. The van der Waals surface area contributed by atoms with Crippen molar-refractivity contribution in [2.75, 3.05) is 11.4 Å². The zero-order chi connectivity index (χ0) is 11.1. The lowest BCUT2D eigenvalue weighted by atomic mass is 10.1. The van der Waals surface area contributed by atoms with Gasteiger partial charge in [-0.15, -0.1) is 0 Å². The summed E-state index contributed by atoms with van der Waals surface area (Å²) in [5.41, 5.74) is 1.12. The molecule has 2 nitrogen and oxygen atoms in total. The highest BCUT2D eigenvalue weighted by Gasteiger charge is 2.32. The van der Waals surface area contributed by atoms with Gasteiger partial charge in [0.25, 0.3) is 0 Å². The third-order valence-corrected chi connectivity index (χ3v) is 2.96. The molecule has 0 bridgehead atoms. The Balaban J connectivity index is 2.25. The van der Waals surface area contributed by atoms with E-state index in [1.165, 1.54) is 0 Å². The van der Waals surface area contributed by atoms with Crippen molar-refractivity contribution in [1.29, 1.82) is 0 Å². The highest BCUT2D eigenvalue weighted by molar-refractivity contribution is 7.80. The molecule has 1 aromatic carbocycles. The van der Waals surface area contributed by atoms with Crippen molar-refractivity contribution in [2.45, 2.75) is 19.4 Å². The lowest BCUT2D eigenvalue weighted by molar-refractivity contribution is 0.516. The van der Waals surface area contributed by atoms with Crippen LogP contribution in [0.25, 0.3) is 0 Å². The fourth-order valence-corrected chi connectivity index (χ4v) is 2.27. The van der Waals surface area contributed by atoms with Gasteiger partial charge in [-0.25, -0.2) is 0 Å². The van der Waals surface area contributed by atoms with Crippen LogP contribution in [0.5, 0.6) is 0 Å². The van der Waals surface area contributed by atoms with E-state index in [0.29, 0.717) is 0 Å². The summed E-state index contributed by atoms with van der Waals surface area (Å²) in [7, 11) is 0. The molecule has 0 saturated carbocycles. The van der Waals surface area contributed by atoms with Gasteiger partial charge >= 0.3 is 0 Å². The molecule has 1 aliphatic rings. The van der Waals surface area contributed by atoms with Crippen LogP contribution in [0.1, 0.15) is 13.8 Å². The molecule has 0 amide bonds. The van der Waals surface area contributed by atoms with E-state index in [9.17, 15) is 0 Å². The average molecular weight is 241 g/mol. The number of rotatable bonds is 1. The molecule has 80 valence electrons. The average Bonchev–Trinajstić information content (AvgIpc) is 2.41. The topological polar surface area (TPSA) is 15.3 Å². The largest absolute Gasteiger partial charge is 0.356 e. The van der Waals surface area contributed by atoms with Crippen LogP contribution < -0.4 is 10.2 Å². The predicted molar refractivity (Wildman–Crippen MR) is 68.6 cm³/mol. The summed E-state index contributed by atoms with van der Waals surface area (Å²) in [4.78, 5) is 2.09.